The van der Waals surface area contributed by atoms with E-state index in [-0.39, 0.29) is 52.8 Å². The number of hydrogen-bond donors (Lipinski definition) is 2. The Bertz CT molecular complexity index is 1590. The Morgan fingerprint density at radius 3 is 2.46 bits per heavy atom. The van der Waals surface area contributed by atoms with Crippen molar-refractivity contribution in [2.45, 2.75) is 38.3 Å². The van der Waals surface area contributed by atoms with Crippen LogP contribution in [-0.4, -0.2) is 41.6 Å². The molecule has 0 aliphatic heterocycles. The number of fused-ring (bicyclic) bond motifs is 1. The number of carbonyl (C=O) groups is 2. The van der Waals surface area contributed by atoms with E-state index in [9.17, 15) is 32.3 Å². The molecule has 0 bridgehead atoms. The van der Waals surface area contributed by atoms with Crippen LogP contribution >= 0.6 is 0 Å². The molecule has 1 aliphatic carbocycles. The Kier molecular flexibility index (Phi) is 7.95. The van der Waals surface area contributed by atoms with Gasteiger partial charge < -0.3 is 14.8 Å². The van der Waals surface area contributed by atoms with E-state index in [4.69, 9.17) is 4.42 Å². The van der Waals surface area contributed by atoms with E-state index in [1.807, 2.05) is 0 Å². The number of aromatic nitrogens is 1. The smallest absolute Gasteiger partial charge is 0.389 e. The third-order valence-corrected chi connectivity index (χ3v) is 7.43. The molecule has 10 heteroatoms. The molecule has 1 fully saturated rings. The van der Waals surface area contributed by atoms with Crippen molar-refractivity contribution in [2.75, 3.05) is 13.7 Å². The summed E-state index contributed by atoms with van der Waals surface area (Å²) in [4.78, 5) is 30.5. The monoisotopic (exact) mass is 568 g/mol. The van der Waals surface area contributed by atoms with Crippen molar-refractivity contribution >= 4 is 22.8 Å². The number of aliphatic hydroxyl groups excluding tert-OH is 1. The molecule has 1 amide bonds. The van der Waals surface area contributed by atoms with Crippen molar-refractivity contribution in [3.05, 3.63) is 77.2 Å². The summed E-state index contributed by atoms with van der Waals surface area (Å²) in [7, 11) is 1.43. The molecule has 2 aromatic carbocycles. The van der Waals surface area contributed by atoms with Crippen LogP contribution in [0, 0.1) is 17.7 Å². The number of nitrogens with zero attached hydrogens (tertiary/aromatic N) is 1. The summed E-state index contributed by atoms with van der Waals surface area (Å²) in [5, 5.41) is 12.5. The summed E-state index contributed by atoms with van der Waals surface area (Å²) in [6.45, 7) is -0.0859. The van der Waals surface area contributed by atoms with Gasteiger partial charge in [0.1, 0.15) is 11.6 Å². The summed E-state index contributed by atoms with van der Waals surface area (Å²) in [5.74, 6) is -0.873. The summed E-state index contributed by atoms with van der Waals surface area (Å²) in [6.07, 6.45) is -3.90. The molecule has 1 saturated carbocycles. The maximum Gasteiger partial charge on any atom is 0.389 e. The molecule has 2 heterocycles. The Morgan fingerprint density at radius 2 is 1.83 bits per heavy atom. The number of aryl methyl sites for hydroxylation is 1. The van der Waals surface area contributed by atoms with Crippen molar-refractivity contribution in [2.24, 2.45) is 11.8 Å². The molecule has 1 aliphatic rings. The van der Waals surface area contributed by atoms with Crippen molar-refractivity contribution in [1.29, 1.82) is 0 Å². The summed E-state index contributed by atoms with van der Waals surface area (Å²) < 4.78 is 59.3. The van der Waals surface area contributed by atoms with Gasteiger partial charge in [0.25, 0.3) is 5.91 Å². The van der Waals surface area contributed by atoms with E-state index in [1.165, 1.54) is 31.3 Å². The topological polar surface area (TPSA) is 92.4 Å². The van der Waals surface area contributed by atoms with E-state index in [1.54, 1.807) is 30.3 Å². The molecule has 1 atom stereocenters. The molecule has 0 unspecified atom stereocenters. The highest BCUT2D eigenvalue weighted by molar-refractivity contribution is 6.11. The molecule has 2 N–H and O–H groups in total. The average Bonchev–Trinajstić information content (AvgIpc) is 3.74. The van der Waals surface area contributed by atoms with Gasteiger partial charge in [-0.2, -0.15) is 13.2 Å². The lowest BCUT2D eigenvalue weighted by Gasteiger charge is -2.14. The van der Waals surface area contributed by atoms with Gasteiger partial charge in [-0.05, 0) is 73.1 Å². The van der Waals surface area contributed by atoms with Gasteiger partial charge in [-0.1, -0.05) is 18.2 Å². The number of rotatable bonds is 10. The number of furan rings is 1. The molecule has 4 aromatic rings. The molecule has 0 spiro atoms. The van der Waals surface area contributed by atoms with Gasteiger partial charge in [0.2, 0.25) is 5.71 Å². The molecule has 5 rings (SSSR count). The molecule has 214 valence electrons. The minimum atomic E-state index is -4.44. The van der Waals surface area contributed by atoms with Gasteiger partial charge in [-0.15, -0.1) is 0 Å². The van der Waals surface area contributed by atoms with Gasteiger partial charge in [-0.25, -0.2) is 9.37 Å². The van der Waals surface area contributed by atoms with E-state index >= 15 is 0 Å². The Hall–Kier alpha value is -4.05. The predicted octanol–water partition coefficient (Wildman–Crippen LogP) is 6.75. The fourth-order valence-corrected chi connectivity index (χ4v) is 5.08. The quantitative estimate of drug-likeness (QED) is 0.163. The largest absolute Gasteiger partial charge is 0.437 e. The first-order valence-electron chi connectivity index (χ1n) is 13.3. The predicted molar refractivity (Wildman–Crippen MR) is 145 cm³/mol. The van der Waals surface area contributed by atoms with E-state index in [2.05, 4.69) is 10.3 Å². The number of alkyl halides is 3. The van der Waals surface area contributed by atoms with Crippen LogP contribution in [0.2, 0.25) is 0 Å². The van der Waals surface area contributed by atoms with Crippen LogP contribution in [0.5, 0.6) is 0 Å². The third-order valence-electron chi connectivity index (χ3n) is 7.43. The van der Waals surface area contributed by atoms with Gasteiger partial charge >= 0.3 is 6.18 Å². The van der Waals surface area contributed by atoms with Crippen molar-refractivity contribution in [3.8, 4) is 22.5 Å². The number of amides is 1. The molecule has 41 heavy (non-hydrogen) atoms. The van der Waals surface area contributed by atoms with Crippen LogP contribution in [0.15, 0.2) is 59.0 Å². The number of ketones is 1. The number of aliphatic hydroxyl groups is 1. The lowest BCUT2D eigenvalue weighted by atomic mass is 9.92. The van der Waals surface area contributed by atoms with Gasteiger partial charge in [0.05, 0.1) is 16.6 Å². The first-order valence-corrected chi connectivity index (χ1v) is 13.3. The van der Waals surface area contributed by atoms with Crippen LogP contribution < -0.4 is 5.32 Å². The second-order valence-corrected chi connectivity index (χ2v) is 10.3. The minimum absolute atomic E-state index is 0.0358. The number of pyridine rings is 1. The van der Waals surface area contributed by atoms with Crippen molar-refractivity contribution < 1.29 is 36.7 Å². The maximum atomic E-state index is 13.6. The van der Waals surface area contributed by atoms with Crippen molar-refractivity contribution in [1.82, 2.24) is 10.3 Å². The standard InChI is InChI=1S/C31H28F4N2O4/c1-36-29(40)27-24-15-23(19-3-2-4-20(13-19)26(39)14-21(16-38)17-5-6-17)25(11-12-31(33,34)35)37-30(24)41-28(27)18-7-9-22(32)10-8-18/h2-4,7-10,13,15,17,21,38H,5-6,11-12,14,16H2,1H3,(H,36,40)/t21-/m0/s1. The highest BCUT2D eigenvalue weighted by Gasteiger charge is 2.33. The Morgan fingerprint density at radius 1 is 1.10 bits per heavy atom. The maximum absolute atomic E-state index is 13.6. The Labute approximate surface area is 233 Å². The highest BCUT2D eigenvalue weighted by atomic mass is 19.4. The number of hydrogen-bond acceptors (Lipinski definition) is 5. The van der Waals surface area contributed by atoms with Crippen LogP contribution in [0.3, 0.4) is 0 Å². The first kappa shape index (κ1) is 28.5. The second kappa shape index (κ2) is 11.4. The number of Topliss-reactive ketones (excluding diaryl/α,β-unsaturated/α-hetero) is 1. The zero-order valence-corrected chi connectivity index (χ0v) is 22.2. The van der Waals surface area contributed by atoms with E-state index in [0.29, 0.717) is 28.2 Å². The fourth-order valence-electron chi connectivity index (χ4n) is 5.08. The van der Waals surface area contributed by atoms with E-state index < -0.39 is 30.7 Å². The number of carbonyl (C=O) groups excluding carboxylic acids is 2. The summed E-state index contributed by atoms with van der Waals surface area (Å²) in [6, 6.07) is 13.4. The number of benzene rings is 2. The molecule has 0 radical (unpaired) electrons. The molecular formula is C31H28F4N2O4. The van der Waals surface area contributed by atoms with Gasteiger partial charge in [0, 0.05) is 43.2 Å². The zero-order valence-electron chi connectivity index (χ0n) is 22.2. The second-order valence-electron chi connectivity index (χ2n) is 10.3. The summed E-state index contributed by atoms with van der Waals surface area (Å²) in [5.41, 5.74) is 1.71. The molecule has 6 nitrogen and oxygen atoms in total. The van der Waals surface area contributed by atoms with E-state index in [0.717, 1.165) is 12.8 Å². The van der Waals surface area contributed by atoms with Crippen LogP contribution in [0.4, 0.5) is 17.6 Å². The SMILES string of the molecule is CNC(=O)c1c(-c2ccc(F)cc2)oc2nc(CCC(F)(F)F)c(-c3cccc(C(=O)C[C@@H](CO)C4CC4)c3)cc12. The highest BCUT2D eigenvalue weighted by Crippen LogP contribution is 2.40. The van der Waals surface area contributed by atoms with Crippen molar-refractivity contribution in [3.63, 3.8) is 0 Å². The first-order chi connectivity index (χ1) is 19.6. The molecule has 0 saturated heterocycles. The minimum Gasteiger partial charge on any atom is -0.437 e. The lowest BCUT2D eigenvalue weighted by molar-refractivity contribution is -0.134. The lowest BCUT2D eigenvalue weighted by Crippen LogP contribution is -2.18. The molecular weight excluding hydrogens is 540 g/mol. The van der Waals surface area contributed by atoms with Gasteiger partial charge in [-0.3, -0.25) is 9.59 Å². The third kappa shape index (κ3) is 6.32. The number of nitrogens with one attached hydrogen (secondary N) is 1. The number of halogens is 4. The van der Waals surface area contributed by atoms with Crippen LogP contribution in [0.1, 0.15) is 52.1 Å². The fraction of sp³-hybridized carbons (Fsp3) is 0.323. The summed E-state index contributed by atoms with van der Waals surface area (Å²) >= 11 is 0. The average molecular weight is 569 g/mol. The Balaban J connectivity index is 1.64. The van der Waals surface area contributed by atoms with Crippen LogP contribution in [0.25, 0.3) is 33.6 Å². The molecule has 2 aromatic heterocycles. The normalized spacial score (nSPS) is 14.3. The van der Waals surface area contributed by atoms with Crippen LogP contribution in [-0.2, 0) is 6.42 Å². The zero-order chi connectivity index (χ0) is 29.3. The van der Waals surface area contributed by atoms with Gasteiger partial charge in [0.15, 0.2) is 5.78 Å².